The monoisotopic (exact) mass is 406 g/mol. The van der Waals surface area contributed by atoms with Crippen molar-refractivity contribution in [1.82, 2.24) is 9.97 Å². The van der Waals surface area contributed by atoms with Crippen molar-refractivity contribution in [2.24, 2.45) is 5.92 Å². The van der Waals surface area contributed by atoms with E-state index in [1.807, 2.05) is 30.3 Å². The highest BCUT2D eigenvalue weighted by Crippen LogP contribution is 2.31. The summed E-state index contributed by atoms with van der Waals surface area (Å²) in [6.45, 7) is -0.217. The molecule has 1 saturated carbocycles. The quantitative estimate of drug-likeness (QED) is 0.454. The van der Waals surface area contributed by atoms with E-state index in [1.54, 1.807) is 13.2 Å². The van der Waals surface area contributed by atoms with E-state index in [-0.39, 0.29) is 17.7 Å². The van der Waals surface area contributed by atoms with E-state index in [0.29, 0.717) is 17.8 Å². The molecule has 1 aromatic carbocycles. The number of hydrogen-bond acceptors (Lipinski definition) is 8. The van der Waals surface area contributed by atoms with E-state index in [2.05, 4.69) is 15.3 Å². The lowest BCUT2D eigenvalue weighted by Gasteiger charge is -2.20. The molecule has 0 amide bonds. The van der Waals surface area contributed by atoms with Gasteiger partial charge in [-0.05, 0) is 30.2 Å². The summed E-state index contributed by atoms with van der Waals surface area (Å²) in [5, 5.41) is 32.9. The molecule has 6 N–H and O–H groups in total. The van der Waals surface area contributed by atoms with Crippen molar-refractivity contribution >= 4 is 35.5 Å². The number of rotatable bonds is 6. The predicted octanol–water partition coefficient (Wildman–Crippen LogP) is 1.41. The van der Waals surface area contributed by atoms with Gasteiger partial charge in [-0.2, -0.15) is 4.98 Å². The molecule has 4 unspecified atom stereocenters. The molecule has 0 aliphatic heterocycles. The lowest BCUT2D eigenvalue weighted by atomic mass is 10.1. The van der Waals surface area contributed by atoms with Gasteiger partial charge in [0.05, 0.1) is 24.8 Å². The first-order chi connectivity index (χ1) is 13.4. The molecule has 1 heterocycles. The summed E-state index contributed by atoms with van der Waals surface area (Å²) in [5.74, 6) is 0.625. The Balaban J connectivity index is 1.89. The Labute approximate surface area is 167 Å². The smallest absolute Gasteiger partial charge is 0.223 e. The van der Waals surface area contributed by atoms with Gasteiger partial charge in [-0.15, -0.1) is 0 Å². The third-order valence-electron chi connectivity index (χ3n) is 4.81. The number of aliphatic hydroxyl groups excluding tert-OH is 3. The van der Waals surface area contributed by atoms with Crippen LogP contribution in [0.5, 0.6) is 5.75 Å². The van der Waals surface area contributed by atoms with Crippen LogP contribution in [0.15, 0.2) is 24.3 Å². The number of nitrogens with two attached hydrogens (primary N) is 1. The number of aliphatic hydroxyl groups is 3. The minimum absolute atomic E-state index is 0.0160. The van der Waals surface area contributed by atoms with Gasteiger partial charge in [0.2, 0.25) is 5.95 Å². The molecule has 1 fully saturated rings. The molecule has 150 valence electrons. The molecule has 8 nitrogen and oxygen atoms in total. The van der Waals surface area contributed by atoms with Gasteiger partial charge < -0.3 is 31.1 Å². The Bertz CT molecular complexity index is 864. The predicted molar refractivity (Wildman–Crippen MR) is 108 cm³/mol. The van der Waals surface area contributed by atoms with Crippen molar-refractivity contribution in [1.29, 1.82) is 0 Å². The van der Waals surface area contributed by atoms with E-state index in [0.717, 1.165) is 11.3 Å². The fraction of sp³-hybridized carbons (Fsp3) is 0.368. The molecule has 9 heteroatoms. The van der Waals surface area contributed by atoms with E-state index in [4.69, 9.17) is 22.1 Å². The van der Waals surface area contributed by atoms with Crippen LogP contribution in [0.3, 0.4) is 0 Å². The number of nitrogens with zero attached hydrogens (tertiary/aromatic N) is 2. The SMILES string of the molecule is COc1cccc(C=Cc2c(Cl)nc(N)nc2NC2CC(CO)C(O)C2O)c1. The Morgan fingerprint density at radius 2 is 2.07 bits per heavy atom. The molecule has 2 aromatic rings. The number of methoxy groups -OCH3 is 1. The van der Waals surface area contributed by atoms with E-state index >= 15 is 0 Å². The normalized spacial score (nSPS) is 24.6. The fourth-order valence-corrected chi connectivity index (χ4v) is 3.50. The standard InChI is InChI=1S/C19H23ClN4O4/c1-28-12-4-2-3-10(7-12)5-6-13-17(20)23-19(21)24-18(13)22-14-8-11(9-25)15(26)16(14)27/h2-7,11,14-16,25-27H,8-9H2,1H3,(H3,21,22,23,24). The van der Waals surface area contributed by atoms with Crippen molar-refractivity contribution in [3.05, 3.63) is 40.5 Å². The lowest BCUT2D eigenvalue weighted by Crippen LogP contribution is -2.35. The zero-order valence-electron chi connectivity index (χ0n) is 15.3. The second kappa shape index (κ2) is 8.74. The highest BCUT2D eigenvalue weighted by molar-refractivity contribution is 6.31. The van der Waals surface area contributed by atoms with Crippen LogP contribution < -0.4 is 15.8 Å². The molecule has 1 aliphatic rings. The van der Waals surface area contributed by atoms with Crippen LogP contribution >= 0.6 is 11.6 Å². The largest absolute Gasteiger partial charge is 0.497 e. The fourth-order valence-electron chi connectivity index (χ4n) is 3.27. The van der Waals surface area contributed by atoms with Gasteiger partial charge in [-0.3, -0.25) is 0 Å². The van der Waals surface area contributed by atoms with Crippen LogP contribution in [-0.4, -0.2) is 57.3 Å². The summed E-state index contributed by atoms with van der Waals surface area (Å²) in [4.78, 5) is 8.18. The van der Waals surface area contributed by atoms with Crippen LogP contribution in [0.25, 0.3) is 12.2 Å². The van der Waals surface area contributed by atoms with Crippen molar-refractivity contribution in [2.45, 2.75) is 24.7 Å². The maximum atomic E-state index is 10.3. The number of halogens is 1. The summed E-state index contributed by atoms with van der Waals surface area (Å²) in [5.41, 5.74) is 7.10. The van der Waals surface area contributed by atoms with Crippen molar-refractivity contribution in [3.63, 3.8) is 0 Å². The Morgan fingerprint density at radius 1 is 1.29 bits per heavy atom. The highest BCUT2D eigenvalue weighted by atomic mass is 35.5. The summed E-state index contributed by atoms with van der Waals surface area (Å²) < 4.78 is 5.22. The number of nitrogens with one attached hydrogen (secondary N) is 1. The number of ether oxygens (including phenoxy) is 1. The van der Waals surface area contributed by atoms with Crippen molar-refractivity contribution in [3.8, 4) is 5.75 Å². The maximum absolute atomic E-state index is 10.3. The summed E-state index contributed by atoms with van der Waals surface area (Å²) in [6.07, 6.45) is 1.86. The zero-order chi connectivity index (χ0) is 20.3. The zero-order valence-corrected chi connectivity index (χ0v) is 16.0. The van der Waals surface area contributed by atoms with Gasteiger partial charge in [0.15, 0.2) is 0 Å². The van der Waals surface area contributed by atoms with Gasteiger partial charge in [-0.25, -0.2) is 4.98 Å². The Kier molecular flexibility index (Phi) is 6.35. The Morgan fingerprint density at radius 3 is 2.75 bits per heavy atom. The molecule has 0 saturated heterocycles. The molecular formula is C19H23ClN4O4. The number of anilines is 2. The Hall–Kier alpha value is -2.39. The minimum Gasteiger partial charge on any atom is -0.497 e. The minimum atomic E-state index is -1.05. The summed E-state index contributed by atoms with van der Waals surface area (Å²) in [6, 6.07) is 6.96. The molecule has 4 atom stereocenters. The first-order valence-corrected chi connectivity index (χ1v) is 9.19. The van der Waals surface area contributed by atoms with Crippen LogP contribution in [0, 0.1) is 5.92 Å². The first-order valence-electron chi connectivity index (χ1n) is 8.81. The molecular weight excluding hydrogens is 384 g/mol. The lowest BCUT2D eigenvalue weighted by molar-refractivity contribution is 0.00445. The molecule has 1 aliphatic carbocycles. The molecule has 28 heavy (non-hydrogen) atoms. The second-order valence-corrected chi connectivity index (χ2v) is 7.01. The highest BCUT2D eigenvalue weighted by Gasteiger charge is 2.41. The second-order valence-electron chi connectivity index (χ2n) is 6.66. The molecule has 0 spiro atoms. The molecule has 0 bridgehead atoms. The average Bonchev–Trinajstić information content (AvgIpc) is 2.95. The van der Waals surface area contributed by atoms with Crippen LogP contribution in [0.4, 0.5) is 11.8 Å². The van der Waals surface area contributed by atoms with Gasteiger partial charge in [-0.1, -0.05) is 29.8 Å². The molecule has 0 radical (unpaired) electrons. The summed E-state index contributed by atoms with van der Waals surface area (Å²) in [7, 11) is 1.59. The third kappa shape index (κ3) is 4.36. The van der Waals surface area contributed by atoms with Gasteiger partial charge >= 0.3 is 0 Å². The maximum Gasteiger partial charge on any atom is 0.223 e. The number of aromatic nitrogens is 2. The van der Waals surface area contributed by atoms with E-state index in [1.165, 1.54) is 0 Å². The molecule has 3 rings (SSSR count). The number of nitrogen functional groups attached to an aromatic ring is 1. The molecule has 1 aromatic heterocycles. The van der Waals surface area contributed by atoms with Gasteiger partial charge in [0.1, 0.15) is 22.8 Å². The van der Waals surface area contributed by atoms with E-state index < -0.39 is 24.2 Å². The van der Waals surface area contributed by atoms with E-state index in [9.17, 15) is 15.3 Å². The van der Waals surface area contributed by atoms with Crippen molar-refractivity contribution in [2.75, 3.05) is 24.8 Å². The van der Waals surface area contributed by atoms with Crippen LogP contribution in [-0.2, 0) is 0 Å². The first kappa shape index (κ1) is 20.3. The third-order valence-corrected chi connectivity index (χ3v) is 5.10. The summed E-state index contributed by atoms with van der Waals surface area (Å²) >= 11 is 6.27. The van der Waals surface area contributed by atoms with Crippen molar-refractivity contribution < 1.29 is 20.1 Å². The van der Waals surface area contributed by atoms with Crippen LogP contribution in [0.1, 0.15) is 17.5 Å². The van der Waals surface area contributed by atoms with Gasteiger partial charge in [0.25, 0.3) is 0 Å². The number of hydrogen-bond donors (Lipinski definition) is 5. The van der Waals surface area contributed by atoms with Crippen LogP contribution in [0.2, 0.25) is 5.15 Å². The average molecular weight is 407 g/mol. The van der Waals surface area contributed by atoms with Gasteiger partial charge in [0, 0.05) is 12.5 Å². The topological polar surface area (TPSA) is 134 Å². The number of benzene rings is 1.